The number of hydrogen-bond donors (Lipinski definition) is 0. The molecule has 1 unspecified atom stereocenters. The van der Waals surface area contributed by atoms with Gasteiger partial charge in [0.1, 0.15) is 11.1 Å². The van der Waals surface area contributed by atoms with E-state index in [4.69, 9.17) is 0 Å². The smallest absolute Gasteiger partial charge is 0.221 e. The fraction of sp³-hybridized carbons (Fsp3) is 0.458. The Morgan fingerprint density at radius 3 is 2.34 bits per heavy atom. The first-order valence-corrected chi connectivity index (χ1v) is 12.6. The maximum atomic E-state index is 15.0. The van der Waals surface area contributed by atoms with Crippen molar-refractivity contribution in [2.75, 3.05) is 31.1 Å². The highest BCUT2D eigenvalue weighted by Gasteiger charge is 2.40. The van der Waals surface area contributed by atoms with Crippen LogP contribution in [0, 0.1) is 5.82 Å². The molecule has 172 valence electrons. The Balaban J connectivity index is 1.51. The van der Waals surface area contributed by atoms with Gasteiger partial charge in [0.15, 0.2) is 0 Å². The zero-order valence-electron chi connectivity index (χ0n) is 18.6. The van der Waals surface area contributed by atoms with Crippen LogP contribution >= 0.6 is 0 Å². The highest BCUT2D eigenvalue weighted by atomic mass is 32.2. The van der Waals surface area contributed by atoms with E-state index < -0.39 is 15.3 Å². The molecule has 2 saturated heterocycles. The Hall–Kier alpha value is -2.45. The second-order valence-electron chi connectivity index (χ2n) is 8.69. The summed E-state index contributed by atoms with van der Waals surface area (Å²) >= 11 is 0. The van der Waals surface area contributed by atoms with E-state index in [2.05, 4.69) is 0 Å². The Morgan fingerprint density at radius 2 is 1.72 bits per heavy atom. The Kier molecular flexibility index (Phi) is 6.53. The van der Waals surface area contributed by atoms with Gasteiger partial charge in [-0.1, -0.05) is 36.4 Å². The predicted molar refractivity (Wildman–Crippen MR) is 123 cm³/mol. The van der Waals surface area contributed by atoms with Crippen molar-refractivity contribution in [3.05, 3.63) is 65.5 Å². The summed E-state index contributed by atoms with van der Waals surface area (Å²) in [5.74, 6) is -0.327. The van der Waals surface area contributed by atoms with Gasteiger partial charge in [0.25, 0.3) is 0 Å². The molecule has 32 heavy (non-hydrogen) atoms. The molecule has 8 heteroatoms. The number of carbonyl (C=O) groups is 1. The third-order valence-corrected chi connectivity index (χ3v) is 8.98. The van der Waals surface area contributed by atoms with Gasteiger partial charge in [0, 0.05) is 45.7 Å². The number of rotatable bonds is 4. The maximum Gasteiger partial charge on any atom is 0.221 e. The fourth-order valence-electron chi connectivity index (χ4n) is 4.70. The van der Waals surface area contributed by atoms with Crippen LogP contribution in [0.5, 0.6) is 0 Å². The second-order valence-corrected chi connectivity index (χ2v) is 10.8. The normalized spacial score (nSPS) is 23.8. The lowest BCUT2D eigenvalue weighted by Crippen LogP contribution is -2.48. The molecule has 0 spiro atoms. The standard InChI is InChI=1S/C24H30FN3O3S/c1-18-8-11-24(21-6-4-3-5-7-21)32(30,31)28(18)17-20-9-10-23(22(25)16-20)27-14-12-26(13-15-27)19(2)29/h3-7,9-10,16,18,24H,8,11-15,17H2,1-2H3/t18-,24?/m0/s1. The third-order valence-electron chi connectivity index (χ3n) is 6.61. The molecule has 2 fully saturated rings. The van der Waals surface area contributed by atoms with Crippen molar-refractivity contribution in [1.82, 2.24) is 9.21 Å². The summed E-state index contributed by atoms with van der Waals surface area (Å²) in [7, 11) is -3.56. The molecule has 2 aliphatic heterocycles. The van der Waals surface area contributed by atoms with Gasteiger partial charge < -0.3 is 9.80 Å². The summed E-state index contributed by atoms with van der Waals surface area (Å²) < 4.78 is 43.3. The molecule has 6 nitrogen and oxygen atoms in total. The number of sulfonamides is 1. The number of hydrogen-bond acceptors (Lipinski definition) is 4. The van der Waals surface area contributed by atoms with E-state index in [0.29, 0.717) is 43.9 Å². The van der Waals surface area contributed by atoms with Gasteiger partial charge in [-0.15, -0.1) is 0 Å². The van der Waals surface area contributed by atoms with E-state index in [1.165, 1.54) is 10.4 Å². The van der Waals surface area contributed by atoms with Crippen molar-refractivity contribution >= 4 is 21.6 Å². The van der Waals surface area contributed by atoms with E-state index in [1.54, 1.807) is 17.9 Å². The van der Waals surface area contributed by atoms with Crippen molar-refractivity contribution < 1.29 is 17.6 Å². The second kappa shape index (κ2) is 9.19. The first kappa shape index (κ1) is 22.7. The molecule has 0 aliphatic carbocycles. The van der Waals surface area contributed by atoms with Crippen LogP contribution in [0.3, 0.4) is 0 Å². The largest absolute Gasteiger partial charge is 0.366 e. The lowest BCUT2D eigenvalue weighted by Gasteiger charge is -2.38. The molecule has 2 atom stereocenters. The van der Waals surface area contributed by atoms with Gasteiger partial charge >= 0.3 is 0 Å². The van der Waals surface area contributed by atoms with E-state index in [-0.39, 0.29) is 24.3 Å². The molecule has 1 amide bonds. The molecular formula is C24H30FN3O3S. The van der Waals surface area contributed by atoms with E-state index in [1.807, 2.05) is 48.2 Å². The van der Waals surface area contributed by atoms with Crippen molar-refractivity contribution in [1.29, 1.82) is 0 Å². The van der Waals surface area contributed by atoms with E-state index >= 15 is 0 Å². The molecular weight excluding hydrogens is 429 g/mol. The zero-order chi connectivity index (χ0) is 22.9. The monoisotopic (exact) mass is 459 g/mol. The molecule has 0 saturated carbocycles. The van der Waals surface area contributed by atoms with Crippen LogP contribution in [-0.4, -0.2) is 55.8 Å². The summed E-state index contributed by atoms with van der Waals surface area (Å²) in [6, 6.07) is 14.2. The van der Waals surface area contributed by atoms with Gasteiger partial charge in [-0.25, -0.2) is 12.8 Å². The lowest BCUT2D eigenvalue weighted by atomic mass is 10.0. The van der Waals surface area contributed by atoms with Crippen LogP contribution in [-0.2, 0) is 21.4 Å². The van der Waals surface area contributed by atoms with Gasteiger partial charge in [0.05, 0.1) is 5.69 Å². The van der Waals surface area contributed by atoms with Crippen molar-refractivity contribution in [3.63, 3.8) is 0 Å². The van der Waals surface area contributed by atoms with Crippen LogP contribution in [0.25, 0.3) is 0 Å². The number of nitrogens with zero attached hydrogens (tertiary/aromatic N) is 3. The Labute approximate surface area is 189 Å². The van der Waals surface area contributed by atoms with E-state index in [9.17, 15) is 17.6 Å². The number of amides is 1. The number of anilines is 1. The molecule has 0 aromatic heterocycles. The number of piperazine rings is 1. The molecule has 0 N–H and O–H groups in total. The van der Waals surface area contributed by atoms with Crippen molar-refractivity contribution in [3.8, 4) is 0 Å². The zero-order valence-corrected chi connectivity index (χ0v) is 19.4. The fourth-order valence-corrected chi connectivity index (χ4v) is 6.90. The highest BCUT2D eigenvalue weighted by Crippen LogP contribution is 2.38. The summed E-state index contributed by atoms with van der Waals surface area (Å²) in [6.45, 7) is 5.91. The molecule has 4 rings (SSSR count). The lowest BCUT2D eigenvalue weighted by molar-refractivity contribution is -0.129. The summed E-state index contributed by atoms with van der Waals surface area (Å²) in [5, 5.41) is -0.568. The SMILES string of the molecule is CC(=O)N1CCN(c2ccc(CN3[C@@H](C)CCC(c4ccccc4)S3(=O)=O)cc2F)CC1. The Bertz CT molecular complexity index is 1070. The number of halogens is 1. The molecule has 2 aromatic carbocycles. The van der Waals surface area contributed by atoms with Gasteiger partial charge in [-0.3, -0.25) is 4.79 Å². The highest BCUT2D eigenvalue weighted by molar-refractivity contribution is 7.89. The first-order valence-electron chi connectivity index (χ1n) is 11.1. The number of benzene rings is 2. The van der Waals surface area contributed by atoms with Gasteiger partial charge in [-0.2, -0.15) is 4.31 Å². The predicted octanol–water partition coefficient (Wildman–Crippen LogP) is 3.55. The average Bonchev–Trinajstić information content (AvgIpc) is 2.77. The summed E-state index contributed by atoms with van der Waals surface area (Å²) in [6.07, 6.45) is 1.35. The summed E-state index contributed by atoms with van der Waals surface area (Å²) in [5.41, 5.74) is 1.93. The molecule has 2 heterocycles. The first-order chi connectivity index (χ1) is 15.3. The van der Waals surface area contributed by atoms with Crippen LogP contribution in [0.2, 0.25) is 0 Å². The van der Waals surface area contributed by atoms with Crippen molar-refractivity contribution in [2.24, 2.45) is 0 Å². The minimum Gasteiger partial charge on any atom is -0.366 e. The summed E-state index contributed by atoms with van der Waals surface area (Å²) in [4.78, 5) is 15.2. The van der Waals surface area contributed by atoms with Crippen LogP contribution in [0.15, 0.2) is 48.5 Å². The van der Waals surface area contributed by atoms with Crippen LogP contribution in [0.4, 0.5) is 10.1 Å². The molecule has 0 bridgehead atoms. The topological polar surface area (TPSA) is 60.9 Å². The van der Waals surface area contributed by atoms with E-state index in [0.717, 1.165) is 12.0 Å². The maximum absolute atomic E-state index is 15.0. The quantitative estimate of drug-likeness (QED) is 0.702. The van der Waals surface area contributed by atoms with Gasteiger partial charge in [0.2, 0.25) is 15.9 Å². The Morgan fingerprint density at radius 1 is 1.03 bits per heavy atom. The minimum atomic E-state index is -3.56. The van der Waals surface area contributed by atoms with Crippen LogP contribution < -0.4 is 4.90 Å². The molecule has 2 aromatic rings. The van der Waals surface area contributed by atoms with Crippen molar-refractivity contribution in [2.45, 2.75) is 44.5 Å². The molecule has 2 aliphatic rings. The minimum absolute atomic E-state index is 0.0335. The average molecular weight is 460 g/mol. The molecule has 0 radical (unpaired) electrons. The number of carbonyl (C=O) groups excluding carboxylic acids is 1. The van der Waals surface area contributed by atoms with Gasteiger partial charge in [-0.05, 0) is 43.0 Å². The third kappa shape index (κ3) is 4.52. The van der Waals surface area contributed by atoms with Crippen LogP contribution in [0.1, 0.15) is 43.1 Å².